The number of rotatable bonds is 3. The van der Waals surface area contributed by atoms with Crippen LogP contribution in [-0.2, 0) is 4.79 Å². The number of amides is 1. The van der Waals surface area contributed by atoms with E-state index >= 15 is 0 Å². The minimum absolute atomic E-state index is 0.172. The van der Waals surface area contributed by atoms with Gasteiger partial charge in [0.25, 0.3) is 0 Å². The van der Waals surface area contributed by atoms with E-state index in [1.807, 2.05) is 0 Å². The number of nitrogens with one attached hydrogen (secondary N) is 1. The normalized spacial score (nSPS) is 19.8. The van der Waals surface area contributed by atoms with Crippen LogP contribution >= 0.6 is 0 Å². The van der Waals surface area contributed by atoms with Crippen molar-refractivity contribution in [1.82, 2.24) is 4.98 Å². The molecule has 25 heavy (non-hydrogen) atoms. The van der Waals surface area contributed by atoms with Gasteiger partial charge in [-0.1, -0.05) is 0 Å². The molecule has 1 saturated carbocycles. The van der Waals surface area contributed by atoms with E-state index in [-0.39, 0.29) is 17.4 Å². The van der Waals surface area contributed by atoms with Crippen molar-refractivity contribution in [2.24, 2.45) is 11.7 Å². The molecular weight excluding hydrogens is 329 g/mol. The number of hydrogen-bond acceptors (Lipinski definition) is 1. The second-order valence-electron chi connectivity index (χ2n) is 6.42. The van der Waals surface area contributed by atoms with Crippen molar-refractivity contribution in [3.8, 4) is 11.3 Å². The average Bonchev–Trinajstić information content (AvgIpc) is 2.86. The van der Waals surface area contributed by atoms with E-state index in [9.17, 15) is 18.0 Å². The van der Waals surface area contributed by atoms with Gasteiger partial charge in [-0.05, 0) is 60.2 Å². The zero-order valence-electron chi connectivity index (χ0n) is 13.2. The molecular formula is C19H15F3N2O. The molecule has 2 unspecified atom stereocenters. The lowest BCUT2D eigenvalue weighted by molar-refractivity contribution is -0.125. The molecule has 1 fully saturated rings. The van der Waals surface area contributed by atoms with Crippen LogP contribution in [0.3, 0.4) is 0 Å². The second-order valence-corrected chi connectivity index (χ2v) is 6.42. The number of H-pyrrole nitrogens is 1. The maximum absolute atomic E-state index is 14.2. The second kappa shape index (κ2) is 5.65. The molecule has 0 saturated heterocycles. The van der Waals surface area contributed by atoms with Crippen molar-refractivity contribution in [1.29, 1.82) is 0 Å². The predicted molar refractivity (Wildman–Crippen MR) is 88.3 cm³/mol. The number of aromatic amines is 1. The van der Waals surface area contributed by atoms with Gasteiger partial charge in [0.15, 0.2) is 0 Å². The number of primary amides is 1. The summed E-state index contributed by atoms with van der Waals surface area (Å²) < 4.78 is 41.3. The van der Waals surface area contributed by atoms with Crippen LogP contribution in [0.1, 0.15) is 24.3 Å². The van der Waals surface area contributed by atoms with Gasteiger partial charge in [-0.2, -0.15) is 0 Å². The molecule has 6 heteroatoms. The van der Waals surface area contributed by atoms with E-state index in [0.717, 1.165) is 6.07 Å². The summed E-state index contributed by atoms with van der Waals surface area (Å²) in [6, 6.07) is 7.80. The first-order valence-corrected chi connectivity index (χ1v) is 8.01. The minimum Gasteiger partial charge on any atom is -0.369 e. The zero-order valence-corrected chi connectivity index (χ0v) is 13.2. The standard InChI is InChI=1S/C19H15F3N2O/c20-10-3-1-9(2-4-10)17-16(12-5-6-13(12)19(23)25)14-7-11(21)8-15(22)18(14)24-17/h1-4,7-8,12-13,24H,5-6H2,(H2,23,25). The van der Waals surface area contributed by atoms with Crippen molar-refractivity contribution in [2.45, 2.75) is 18.8 Å². The summed E-state index contributed by atoms with van der Waals surface area (Å²) in [5.74, 6) is -2.80. The molecule has 0 bridgehead atoms. The third kappa shape index (κ3) is 2.49. The van der Waals surface area contributed by atoms with Gasteiger partial charge in [-0.25, -0.2) is 13.2 Å². The molecule has 0 radical (unpaired) electrons. The summed E-state index contributed by atoms with van der Waals surface area (Å²) in [4.78, 5) is 14.7. The highest BCUT2D eigenvalue weighted by molar-refractivity contribution is 5.93. The first kappa shape index (κ1) is 15.7. The molecule has 128 valence electrons. The van der Waals surface area contributed by atoms with Gasteiger partial charge < -0.3 is 10.7 Å². The van der Waals surface area contributed by atoms with Crippen LogP contribution < -0.4 is 5.73 Å². The minimum atomic E-state index is -0.709. The molecule has 3 N–H and O–H groups in total. The van der Waals surface area contributed by atoms with Crippen molar-refractivity contribution in [2.75, 3.05) is 0 Å². The number of nitrogens with two attached hydrogens (primary N) is 1. The molecule has 1 amide bonds. The summed E-state index contributed by atoms with van der Waals surface area (Å²) in [7, 11) is 0. The number of benzene rings is 2. The lowest BCUT2D eigenvalue weighted by Gasteiger charge is -2.35. The Labute approximate surface area is 141 Å². The molecule has 1 aliphatic rings. The topological polar surface area (TPSA) is 58.9 Å². The largest absolute Gasteiger partial charge is 0.369 e. The van der Waals surface area contributed by atoms with Crippen LogP contribution in [0, 0.1) is 23.4 Å². The quantitative estimate of drug-likeness (QED) is 0.734. The number of halogens is 3. The third-order valence-electron chi connectivity index (χ3n) is 5.01. The molecule has 1 aromatic heterocycles. The summed E-state index contributed by atoms with van der Waals surface area (Å²) >= 11 is 0. The van der Waals surface area contributed by atoms with Crippen LogP contribution in [0.5, 0.6) is 0 Å². The fourth-order valence-electron chi connectivity index (χ4n) is 3.66. The van der Waals surface area contributed by atoms with Crippen LogP contribution in [0.25, 0.3) is 22.2 Å². The molecule has 3 nitrogen and oxygen atoms in total. The van der Waals surface area contributed by atoms with Gasteiger partial charge in [0, 0.05) is 17.4 Å². The van der Waals surface area contributed by atoms with E-state index in [1.54, 1.807) is 12.1 Å². The Morgan fingerprint density at radius 3 is 2.36 bits per heavy atom. The Morgan fingerprint density at radius 1 is 1.04 bits per heavy atom. The third-order valence-corrected chi connectivity index (χ3v) is 5.01. The van der Waals surface area contributed by atoms with Gasteiger partial charge in [-0.15, -0.1) is 0 Å². The molecule has 0 aliphatic heterocycles. The predicted octanol–water partition coefficient (Wildman–Crippen LogP) is 4.23. The summed E-state index contributed by atoms with van der Waals surface area (Å²) in [5.41, 5.74) is 7.50. The number of hydrogen-bond donors (Lipinski definition) is 2. The maximum atomic E-state index is 14.2. The fourth-order valence-corrected chi connectivity index (χ4v) is 3.66. The average molecular weight is 344 g/mol. The van der Waals surface area contributed by atoms with E-state index in [1.165, 1.54) is 18.2 Å². The SMILES string of the molecule is NC(=O)C1CCC1c1c(-c2ccc(F)cc2)[nH]c2c(F)cc(F)cc12. The highest BCUT2D eigenvalue weighted by Gasteiger charge is 2.39. The number of carbonyl (C=O) groups excluding carboxylic acids is 1. The lowest BCUT2D eigenvalue weighted by Crippen LogP contribution is -2.36. The van der Waals surface area contributed by atoms with Gasteiger partial charge in [-0.3, -0.25) is 4.79 Å². The van der Waals surface area contributed by atoms with Crippen molar-refractivity contribution in [3.05, 3.63) is 59.4 Å². The van der Waals surface area contributed by atoms with E-state index < -0.39 is 23.4 Å². The molecule has 2 atom stereocenters. The monoisotopic (exact) mass is 344 g/mol. The Bertz CT molecular complexity index is 978. The summed E-state index contributed by atoms with van der Waals surface area (Å²) in [6.45, 7) is 0. The molecule has 1 heterocycles. The number of fused-ring (bicyclic) bond motifs is 1. The molecule has 2 aromatic carbocycles. The van der Waals surface area contributed by atoms with Crippen molar-refractivity contribution >= 4 is 16.8 Å². The smallest absolute Gasteiger partial charge is 0.221 e. The van der Waals surface area contributed by atoms with Crippen molar-refractivity contribution < 1.29 is 18.0 Å². The number of aromatic nitrogens is 1. The highest BCUT2D eigenvalue weighted by atomic mass is 19.1. The molecule has 4 rings (SSSR count). The van der Waals surface area contributed by atoms with Crippen LogP contribution in [-0.4, -0.2) is 10.9 Å². The van der Waals surface area contributed by atoms with Crippen LogP contribution in [0.2, 0.25) is 0 Å². The highest BCUT2D eigenvalue weighted by Crippen LogP contribution is 2.48. The molecule has 3 aromatic rings. The van der Waals surface area contributed by atoms with Crippen LogP contribution in [0.15, 0.2) is 36.4 Å². The summed E-state index contributed by atoms with van der Waals surface area (Å²) in [5, 5.41) is 0.396. The van der Waals surface area contributed by atoms with Gasteiger partial charge in [0.1, 0.15) is 17.5 Å². The Morgan fingerprint density at radius 2 is 1.76 bits per heavy atom. The molecule has 0 spiro atoms. The maximum Gasteiger partial charge on any atom is 0.221 e. The molecule has 1 aliphatic carbocycles. The van der Waals surface area contributed by atoms with Crippen LogP contribution in [0.4, 0.5) is 13.2 Å². The fraction of sp³-hybridized carbons (Fsp3) is 0.211. The number of carbonyl (C=O) groups is 1. The Kier molecular flexibility index (Phi) is 3.56. The first-order valence-electron chi connectivity index (χ1n) is 8.01. The van der Waals surface area contributed by atoms with Gasteiger partial charge in [0.2, 0.25) is 5.91 Å². The lowest BCUT2D eigenvalue weighted by atomic mass is 9.68. The van der Waals surface area contributed by atoms with Gasteiger partial charge >= 0.3 is 0 Å². The van der Waals surface area contributed by atoms with Gasteiger partial charge in [0.05, 0.1) is 11.2 Å². The zero-order chi connectivity index (χ0) is 17.7. The Balaban J connectivity index is 1.98. The van der Waals surface area contributed by atoms with E-state index in [2.05, 4.69) is 4.98 Å². The van der Waals surface area contributed by atoms with Crippen molar-refractivity contribution in [3.63, 3.8) is 0 Å². The Hall–Kier alpha value is -2.76. The first-order chi connectivity index (χ1) is 12.0. The van der Waals surface area contributed by atoms with E-state index in [0.29, 0.717) is 35.0 Å². The summed E-state index contributed by atoms with van der Waals surface area (Å²) in [6.07, 6.45) is 1.35. The van der Waals surface area contributed by atoms with E-state index in [4.69, 9.17) is 5.73 Å².